The highest BCUT2D eigenvalue weighted by Crippen LogP contribution is 2.23. The van der Waals surface area contributed by atoms with Gasteiger partial charge in [0.15, 0.2) is 0 Å². The topological polar surface area (TPSA) is 142 Å². The molecule has 4 N–H and O–H groups in total. The summed E-state index contributed by atoms with van der Waals surface area (Å²) in [5.41, 5.74) is 7.58. The van der Waals surface area contributed by atoms with E-state index in [1.165, 1.54) is 0 Å². The molecule has 3 amide bonds. The zero-order valence-corrected chi connectivity index (χ0v) is 20.4. The van der Waals surface area contributed by atoms with Gasteiger partial charge in [0, 0.05) is 13.0 Å². The highest BCUT2D eigenvalue weighted by molar-refractivity contribution is 5.93. The van der Waals surface area contributed by atoms with Gasteiger partial charge in [-0.15, -0.1) is 0 Å². The second kappa shape index (κ2) is 12.2. The lowest BCUT2D eigenvalue weighted by Gasteiger charge is -2.33. The van der Waals surface area contributed by atoms with Crippen LogP contribution in [0.5, 0.6) is 0 Å². The summed E-state index contributed by atoms with van der Waals surface area (Å²) in [5, 5.41) is 14.3. The average molecular weight is 497 g/mol. The van der Waals surface area contributed by atoms with Gasteiger partial charge in [-0.1, -0.05) is 74.5 Å². The Kier molecular flexibility index (Phi) is 9.02. The first-order valence-electron chi connectivity index (χ1n) is 11.8. The molecular formula is C26H32N4O6. The molecule has 0 saturated carbocycles. The molecule has 0 aromatic heterocycles. The molecule has 1 heterocycles. The first-order chi connectivity index (χ1) is 17.2. The first kappa shape index (κ1) is 26.7. The number of benzene rings is 2. The number of ether oxygens (including phenoxy) is 1. The molecular weight excluding hydrogens is 464 g/mol. The van der Waals surface area contributed by atoms with Crippen molar-refractivity contribution >= 4 is 23.9 Å². The van der Waals surface area contributed by atoms with Crippen LogP contribution in [0.25, 0.3) is 0 Å². The van der Waals surface area contributed by atoms with Crippen molar-refractivity contribution in [3.63, 3.8) is 0 Å². The van der Waals surface area contributed by atoms with Crippen LogP contribution < -0.4 is 11.1 Å². The van der Waals surface area contributed by atoms with Gasteiger partial charge in [0.25, 0.3) is 5.91 Å². The SMILES string of the molecule is CC(C)[C@H](N)C(=O)N1[C@H](C(=O)N[C@@H](Cc2ccccc2)C(=O)O)CCN1C(=O)OCc1ccccc1. The summed E-state index contributed by atoms with van der Waals surface area (Å²) in [5.74, 6) is -2.76. The van der Waals surface area contributed by atoms with Crippen molar-refractivity contribution < 1.29 is 29.0 Å². The average Bonchev–Trinajstić information content (AvgIpc) is 3.32. The van der Waals surface area contributed by atoms with Gasteiger partial charge in [0.05, 0.1) is 6.04 Å². The lowest BCUT2D eigenvalue weighted by Crippen LogP contribution is -2.59. The normalized spacial score (nSPS) is 16.9. The number of amides is 3. The van der Waals surface area contributed by atoms with Crippen LogP contribution in [0, 0.1) is 5.92 Å². The predicted molar refractivity (Wildman–Crippen MR) is 131 cm³/mol. The van der Waals surface area contributed by atoms with Crippen molar-refractivity contribution in [1.29, 1.82) is 0 Å². The fourth-order valence-corrected chi connectivity index (χ4v) is 3.89. The molecule has 3 rings (SSSR count). The Balaban J connectivity index is 1.77. The summed E-state index contributed by atoms with van der Waals surface area (Å²) >= 11 is 0. The molecule has 10 nitrogen and oxygen atoms in total. The van der Waals surface area contributed by atoms with Crippen LogP contribution >= 0.6 is 0 Å². The minimum Gasteiger partial charge on any atom is -0.480 e. The molecule has 1 aliphatic rings. The number of carbonyl (C=O) groups excluding carboxylic acids is 3. The van der Waals surface area contributed by atoms with E-state index < -0.39 is 42.0 Å². The second-order valence-electron chi connectivity index (χ2n) is 9.01. The Labute approximate surface area is 210 Å². The van der Waals surface area contributed by atoms with Crippen LogP contribution in [0.3, 0.4) is 0 Å². The number of carboxylic acids is 1. The zero-order chi connectivity index (χ0) is 26.2. The summed E-state index contributed by atoms with van der Waals surface area (Å²) < 4.78 is 5.39. The van der Waals surface area contributed by atoms with E-state index in [-0.39, 0.29) is 31.9 Å². The number of hydrazine groups is 1. The molecule has 1 aliphatic heterocycles. The molecule has 0 radical (unpaired) electrons. The minimum atomic E-state index is -1.21. The smallest absolute Gasteiger partial charge is 0.429 e. The standard InChI is InChI=1S/C26H32N4O6/c1-17(2)22(27)24(32)30-21(13-14-29(30)26(35)36-16-19-11-7-4-8-12-19)23(31)28-20(25(33)34)15-18-9-5-3-6-10-18/h3-12,17,20-22H,13-16,27H2,1-2H3,(H,28,31)(H,33,34)/t20-,21-,22-/m0/s1. The van der Waals surface area contributed by atoms with Crippen LogP contribution in [-0.4, -0.2) is 63.7 Å². The van der Waals surface area contributed by atoms with Crippen molar-refractivity contribution in [3.05, 3.63) is 71.8 Å². The monoisotopic (exact) mass is 496 g/mol. The van der Waals surface area contributed by atoms with Crippen molar-refractivity contribution in [2.75, 3.05) is 6.54 Å². The van der Waals surface area contributed by atoms with Gasteiger partial charge in [0.1, 0.15) is 18.7 Å². The van der Waals surface area contributed by atoms with Gasteiger partial charge in [-0.25, -0.2) is 19.6 Å². The fourth-order valence-electron chi connectivity index (χ4n) is 3.89. The summed E-state index contributed by atoms with van der Waals surface area (Å²) in [7, 11) is 0. The second-order valence-corrected chi connectivity index (χ2v) is 9.01. The van der Waals surface area contributed by atoms with Crippen molar-refractivity contribution in [3.8, 4) is 0 Å². The third-order valence-corrected chi connectivity index (χ3v) is 6.01. The first-order valence-corrected chi connectivity index (χ1v) is 11.8. The number of rotatable bonds is 9. The maximum absolute atomic E-state index is 13.3. The number of nitrogens with zero attached hydrogens (tertiary/aromatic N) is 2. The molecule has 0 bridgehead atoms. The quantitative estimate of drug-likeness (QED) is 0.481. The third-order valence-electron chi connectivity index (χ3n) is 6.01. The highest BCUT2D eigenvalue weighted by Gasteiger charge is 2.45. The van der Waals surface area contributed by atoms with Crippen molar-refractivity contribution in [2.45, 2.75) is 51.4 Å². The van der Waals surface area contributed by atoms with E-state index in [2.05, 4.69) is 5.32 Å². The number of nitrogens with one attached hydrogen (secondary N) is 1. The Bertz CT molecular complexity index is 1060. The Morgan fingerprint density at radius 2 is 1.61 bits per heavy atom. The molecule has 3 atom stereocenters. The molecule has 10 heteroatoms. The molecule has 192 valence electrons. The summed E-state index contributed by atoms with van der Waals surface area (Å²) in [6, 6.07) is 14.7. The summed E-state index contributed by atoms with van der Waals surface area (Å²) in [6.45, 7) is 3.54. The lowest BCUT2D eigenvalue weighted by molar-refractivity contribution is -0.153. The molecule has 2 aromatic carbocycles. The van der Waals surface area contributed by atoms with Crippen LogP contribution in [0.15, 0.2) is 60.7 Å². The maximum Gasteiger partial charge on any atom is 0.429 e. The van der Waals surface area contributed by atoms with Gasteiger partial charge >= 0.3 is 12.1 Å². The van der Waals surface area contributed by atoms with E-state index in [4.69, 9.17) is 10.5 Å². The summed E-state index contributed by atoms with van der Waals surface area (Å²) in [6.07, 6.45) is -0.616. The molecule has 0 aliphatic carbocycles. The van der Waals surface area contributed by atoms with Crippen molar-refractivity contribution in [2.24, 2.45) is 11.7 Å². The molecule has 0 unspecified atom stereocenters. The number of hydrogen-bond acceptors (Lipinski definition) is 6. The van der Waals surface area contributed by atoms with E-state index in [9.17, 15) is 24.3 Å². The Hall–Kier alpha value is -3.92. The largest absolute Gasteiger partial charge is 0.480 e. The maximum atomic E-state index is 13.3. The van der Waals surface area contributed by atoms with E-state index in [0.29, 0.717) is 0 Å². The van der Waals surface area contributed by atoms with Crippen LogP contribution in [0.4, 0.5) is 4.79 Å². The van der Waals surface area contributed by atoms with E-state index in [1.54, 1.807) is 50.2 Å². The highest BCUT2D eigenvalue weighted by atomic mass is 16.6. The van der Waals surface area contributed by atoms with Crippen LogP contribution in [-0.2, 0) is 32.1 Å². The van der Waals surface area contributed by atoms with Crippen LogP contribution in [0.1, 0.15) is 31.4 Å². The summed E-state index contributed by atoms with van der Waals surface area (Å²) in [4.78, 5) is 51.2. The van der Waals surface area contributed by atoms with E-state index in [1.807, 2.05) is 24.3 Å². The number of nitrogens with two attached hydrogens (primary N) is 1. The Morgan fingerprint density at radius 3 is 2.17 bits per heavy atom. The van der Waals surface area contributed by atoms with Gasteiger partial charge in [0.2, 0.25) is 5.91 Å². The molecule has 1 fully saturated rings. The van der Waals surface area contributed by atoms with E-state index >= 15 is 0 Å². The predicted octanol–water partition coefficient (Wildman–Crippen LogP) is 1.94. The molecule has 2 aromatic rings. The fraction of sp³-hybridized carbons (Fsp3) is 0.385. The third kappa shape index (κ3) is 6.60. The number of hydrogen-bond donors (Lipinski definition) is 3. The van der Waals surface area contributed by atoms with Gasteiger partial charge in [-0.05, 0) is 23.5 Å². The minimum absolute atomic E-state index is 0.0105. The van der Waals surface area contributed by atoms with Gasteiger partial charge < -0.3 is 20.9 Å². The molecule has 36 heavy (non-hydrogen) atoms. The molecule has 1 saturated heterocycles. The Morgan fingerprint density at radius 1 is 1.03 bits per heavy atom. The molecule has 0 spiro atoms. The number of carboxylic acid groups (broad SMARTS) is 1. The van der Waals surface area contributed by atoms with Gasteiger partial charge in [-0.3, -0.25) is 9.59 Å². The zero-order valence-electron chi connectivity index (χ0n) is 20.4. The van der Waals surface area contributed by atoms with E-state index in [0.717, 1.165) is 21.1 Å². The van der Waals surface area contributed by atoms with Crippen molar-refractivity contribution in [1.82, 2.24) is 15.3 Å². The van der Waals surface area contributed by atoms with Gasteiger partial charge in [-0.2, -0.15) is 0 Å². The van der Waals surface area contributed by atoms with Crippen LogP contribution in [0.2, 0.25) is 0 Å². The number of carbonyl (C=O) groups is 4. The lowest BCUT2D eigenvalue weighted by atomic mass is 10.0. The number of aliphatic carboxylic acids is 1.